The van der Waals surface area contributed by atoms with Crippen molar-refractivity contribution in [3.8, 4) is 0 Å². The molecule has 3 nitrogen and oxygen atoms in total. The molecule has 0 aromatic rings. The molecule has 1 spiro atoms. The summed E-state index contributed by atoms with van der Waals surface area (Å²) in [6.07, 6.45) is 8.12. The Balaban J connectivity index is 1.75. The Hall–Kier alpha value is -0.120. The minimum atomic E-state index is -0.868. The summed E-state index contributed by atoms with van der Waals surface area (Å²) in [7, 11) is 0. The third kappa shape index (κ3) is 1.93. The molecule has 4 aliphatic carbocycles. The fraction of sp³-hybridized carbons (Fsp3) is 1.00. The Morgan fingerprint density at radius 2 is 1.70 bits per heavy atom. The van der Waals surface area contributed by atoms with Crippen molar-refractivity contribution >= 4 is 0 Å². The molecule has 23 heavy (non-hydrogen) atoms. The first-order chi connectivity index (χ1) is 10.7. The SMILES string of the molecule is CC1(C)CC[C@@H](O)[C@]2(C)[C@@H]1CC[C@@]13C[C@@H](CC[C@H]12)[C@@](O)(CO)C3. The molecule has 3 heteroatoms. The van der Waals surface area contributed by atoms with Gasteiger partial charge in [0.2, 0.25) is 0 Å². The molecular weight excluding hydrogens is 288 g/mol. The molecule has 2 bridgehead atoms. The van der Waals surface area contributed by atoms with E-state index in [0.29, 0.717) is 17.3 Å². The number of aliphatic hydroxyl groups is 3. The van der Waals surface area contributed by atoms with Crippen LogP contribution in [0, 0.1) is 34.0 Å². The average molecular weight is 322 g/mol. The fourth-order valence-electron chi connectivity index (χ4n) is 8.01. The fourth-order valence-corrected chi connectivity index (χ4v) is 8.01. The first-order valence-corrected chi connectivity index (χ1v) is 9.69. The summed E-state index contributed by atoms with van der Waals surface area (Å²) < 4.78 is 0. The summed E-state index contributed by atoms with van der Waals surface area (Å²) in [5, 5.41) is 31.8. The zero-order valence-corrected chi connectivity index (χ0v) is 15.0. The van der Waals surface area contributed by atoms with E-state index >= 15 is 0 Å². The van der Waals surface area contributed by atoms with Gasteiger partial charge in [0.05, 0.1) is 18.3 Å². The maximum atomic E-state index is 11.0. The van der Waals surface area contributed by atoms with Gasteiger partial charge in [0, 0.05) is 5.41 Å². The molecule has 0 aromatic heterocycles. The van der Waals surface area contributed by atoms with Crippen LogP contribution in [0.25, 0.3) is 0 Å². The minimum absolute atomic E-state index is 0.0221. The maximum Gasteiger partial charge on any atom is 0.0910 e. The van der Waals surface area contributed by atoms with Crippen molar-refractivity contribution in [3.05, 3.63) is 0 Å². The van der Waals surface area contributed by atoms with E-state index in [2.05, 4.69) is 20.8 Å². The highest BCUT2D eigenvalue weighted by molar-refractivity contribution is 5.18. The van der Waals surface area contributed by atoms with E-state index in [-0.39, 0.29) is 29.5 Å². The second-order valence-electron chi connectivity index (χ2n) is 10.3. The third-order valence-corrected chi connectivity index (χ3v) is 9.04. The van der Waals surface area contributed by atoms with Crippen LogP contribution in [0.15, 0.2) is 0 Å². The van der Waals surface area contributed by atoms with Crippen molar-refractivity contribution in [1.82, 2.24) is 0 Å². The van der Waals surface area contributed by atoms with E-state index in [1.807, 2.05) is 0 Å². The summed E-state index contributed by atoms with van der Waals surface area (Å²) >= 11 is 0. The molecule has 0 heterocycles. The summed E-state index contributed by atoms with van der Waals surface area (Å²) in [4.78, 5) is 0. The monoisotopic (exact) mass is 322 g/mol. The molecule has 132 valence electrons. The molecule has 4 saturated carbocycles. The lowest BCUT2D eigenvalue weighted by Gasteiger charge is -2.65. The van der Waals surface area contributed by atoms with Gasteiger partial charge in [-0.05, 0) is 80.0 Å². The van der Waals surface area contributed by atoms with Gasteiger partial charge in [0.25, 0.3) is 0 Å². The molecule has 0 aromatic carbocycles. The number of fused-ring (bicyclic) bond motifs is 3. The van der Waals surface area contributed by atoms with E-state index in [1.54, 1.807) is 0 Å². The second kappa shape index (κ2) is 4.74. The molecule has 0 saturated heterocycles. The second-order valence-corrected chi connectivity index (χ2v) is 10.3. The first kappa shape index (κ1) is 16.4. The standard InChI is InChI=1S/C20H34O3/c1-17(2)8-7-16(22)18(3)14(17)6-9-19-10-13(4-5-15(18)19)20(23,11-19)12-21/h13-16,21-23H,4-12H2,1-3H3/t13-,14-,15+,16-,18-,19+,20+/m1/s1. The highest BCUT2D eigenvalue weighted by atomic mass is 16.3. The van der Waals surface area contributed by atoms with E-state index < -0.39 is 5.60 Å². The first-order valence-electron chi connectivity index (χ1n) is 9.69. The lowest BCUT2D eigenvalue weighted by Crippen LogP contribution is -2.61. The Kier molecular flexibility index (Phi) is 3.37. The van der Waals surface area contributed by atoms with Crippen LogP contribution < -0.4 is 0 Å². The van der Waals surface area contributed by atoms with Crippen LogP contribution in [0.4, 0.5) is 0 Å². The Morgan fingerprint density at radius 1 is 0.957 bits per heavy atom. The third-order valence-electron chi connectivity index (χ3n) is 9.04. The van der Waals surface area contributed by atoms with Gasteiger partial charge < -0.3 is 15.3 Å². The van der Waals surface area contributed by atoms with Gasteiger partial charge in [-0.25, -0.2) is 0 Å². The number of hydrogen-bond donors (Lipinski definition) is 3. The van der Waals surface area contributed by atoms with Gasteiger partial charge in [-0.2, -0.15) is 0 Å². The maximum absolute atomic E-state index is 11.0. The summed E-state index contributed by atoms with van der Waals surface area (Å²) in [5.41, 5.74) is -0.433. The molecule has 4 fully saturated rings. The average Bonchev–Trinajstić information content (AvgIpc) is 2.70. The summed E-state index contributed by atoms with van der Waals surface area (Å²) in [6, 6.07) is 0. The van der Waals surface area contributed by atoms with E-state index in [0.717, 1.165) is 38.5 Å². The smallest absolute Gasteiger partial charge is 0.0910 e. The minimum Gasteiger partial charge on any atom is -0.393 e. The lowest BCUT2D eigenvalue weighted by molar-refractivity contribution is -0.199. The molecule has 0 aliphatic heterocycles. The largest absolute Gasteiger partial charge is 0.393 e. The molecule has 0 unspecified atom stereocenters. The van der Waals surface area contributed by atoms with Crippen molar-refractivity contribution < 1.29 is 15.3 Å². The highest BCUT2D eigenvalue weighted by Gasteiger charge is 2.68. The Labute approximate surface area is 140 Å². The van der Waals surface area contributed by atoms with Crippen molar-refractivity contribution in [2.45, 2.75) is 83.8 Å². The number of hydrogen-bond acceptors (Lipinski definition) is 3. The Bertz CT molecular complexity index is 503. The molecule has 3 N–H and O–H groups in total. The van der Waals surface area contributed by atoms with Crippen molar-refractivity contribution in [2.24, 2.45) is 34.0 Å². The number of rotatable bonds is 1. The van der Waals surface area contributed by atoms with Crippen LogP contribution in [0.3, 0.4) is 0 Å². The molecular formula is C20H34O3. The van der Waals surface area contributed by atoms with Gasteiger partial charge in [0.15, 0.2) is 0 Å². The summed E-state index contributed by atoms with van der Waals surface area (Å²) in [6.45, 7) is 7.04. The van der Waals surface area contributed by atoms with Crippen molar-refractivity contribution in [3.63, 3.8) is 0 Å². The van der Waals surface area contributed by atoms with Gasteiger partial charge in [-0.3, -0.25) is 0 Å². The Morgan fingerprint density at radius 3 is 2.39 bits per heavy atom. The van der Waals surface area contributed by atoms with Crippen LogP contribution >= 0.6 is 0 Å². The van der Waals surface area contributed by atoms with Gasteiger partial charge in [-0.1, -0.05) is 20.8 Å². The predicted molar refractivity (Wildman–Crippen MR) is 89.8 cm³/mol. The van der Waals surface area contributed by atoms with Crippen LogP contribution in [-0.4, -0.2) is 33.6 Å². The van der Waals surface area contributed by atoms with E-state index in [1.165, 1.54) is 12.8 Å². The predicted octanol–water partition coefficient (Wildman–Crippen LogP) is 3.11. The zero-order valence-electron chi connectivity index (χ0n) is 15.0. The van der Waals surface area contributed by atoms with Crippen LogP contribution in [0.5, 0.6) is 0 Å². The number of aliphatic hydroxyl groups excluding tert-OH is 2. The van der Waals surface area contributed by atoms with Gasteiger partial charge in [0.1, 0.15) is 0 Å². The van der Waals surface area contributed by atoms with Gasteiger partial charge >= 0.3 is 0 Å². The van der Waals surface area contributed by atoms with Crippen LogP contribution in [0.1, 0.15) is 72.1 Å². The zero-order chi connectivity index (χ0) is 16.7. The lowest BCUT2D eigenvalue weighted by atomic mass is 9.40. The van der Waals surface area contributed by atoms with Gasteiger partial charge in [-0.15, -0.1) is 0 Å². The quantitative estimate of drug-likeness (QED) is 0.695. The molecule has 0 amide bonds. The topological polar surface area (TPSA) is 60.7 Å². The summed E-state index contributed by atoms with van der Waals surface area (Å²) in [5.74, 6) is 1.34. The molecule has 7 atom stereocenters. The normalized spacial score (nSPS) is 57.7. The van der Waals surface area contributed by atoms with Crippen molar-refractivity contribution in [1.29, 1.82) is 0 Å². The van der Waals surface area contributed by atoms with Crippen LogP contribution in [0.2, 0.25) is 0 Å². The highest BCUT2D eigenvalue weighted by Crippen LogP contribution is 2.72. The molecule has 0 radical (unpaired) electrons. The molecule has 4 rings (SSSR count). The van der Waals surface area contributed by atoms with Crippen LogP contribution in [-0.2, 0) is 0 Å². The van der Waals surface area contributed by atoms with Crippen molar-refractivity contribution in [2.75, 3.05) is 6.61 Å². The van der Waals surface area contributed by atoms with E-state index in [4.69, 9.17) is 0 Å². The molecule has 4 aliphatic rings. The van der Waals surface area contributed by atoms with E-state index in [9.17, 15) is 15.3 Å².